The van der Waals surface area contributed by atoms with Crippen LogP contribution < -0.4 is 9.64 Å². The van der Waals surface area contributed by atoms with Crippen molar-refractivity contribution in [3.05, 3.63) is 42.0 Å². The minimum absolute atomic E-state index is 0.0104. The van der Waals surface area contributed by atoms with Crippen molar-refractivity contribution in [1.29, 1.82) is 0 Å². The van der Waals surface area contributed by atoms with Crippen molar-refractivity contribution in [1.82, 2.24) is 19.9 Å². The summed E-state index contributed by atoms with van der Waals surface area (Å²) in [5, 5.41) is 0. The largest absolute Gasteiger partial charge is 0.478 e. The van der Waals surface area contributed by atoms with E-state index in [1.165, 1.54) is 6.33 Å². The van der Waals surface area contributed by atoms with Crippen molar-refractivity contribution in [3.8, 4) is 5.88 Å². The first-order valence-corrected chi connectivity index (χ1v) is 8.09. The Hall–Kier alpha value is -2.70. The van der Waals surface area contributed by atoms with Crippen LogP contribution in [0.5, 0.6) is 5.88 Å². The van der Waals surface area contributed by atoms with Gasteiger partial charge in [0.2, 0.25) is 5.88 Å². The number of nitrogens with zero attached hydrogens (tertiary/aromatic N) is 5. The summed E-state index contributed by atoms with van der Waals surface area (Å²) in [6.45, 7) is 7.13. The zero-order valence-electron chi connectivity index (χ0n) is 14.0. The summed E-state index contributed by atoms with van der Waals surface area (Å²) in [7, 11) is 0. The second kappa shape index (κ2) is 7.25. The van der Waals surface area contributed by atoms with Crippen molar-refractivity contribution < 1.29 is 9.53 Å². The molecule has 0 radical (unpaired) electrons. The average molecular weight is 327 g/mol. The van der Waals surface area contributed by atoms with E-state index in [2.05, 4.69) is 19.9 Å². The fraction of sp³-hybridized carbons (Fsp3) is 0.412. The molecule has 24 heavy (non-hydrogen) atoms. The van der Waals surface area contributed by atoms with Gasteiger partial charge in [-0.25, -0.2) is 9.97 Å². The van der Waals surface area contributed by atoms with E-state index in [0.717, 1.165) is 18.9 Å². The van der Waals surface area contributed by atoms with E-state index >= 15 is 0 Å². The van der Waals surface area contributed by atoms with Crippen LogP contribution in [0.1, 0.15) is 23.0 Å². The van der Waals surface area contributed by atoms with Crippen molar-refractivity contribution >= 4 is 11.7 Å². The zero-order chi connectivity index (χ0) is 16.9. The second-order valence-electron chi connectivity index (χ2n) is 5.57. The maximum absolute atomic E-state index is 12.6. The van der Waals surface area contributed by atoms with Crippen molar-refractivity contribution in [3.63, 3.8) is 0 Å². The smallest absolute Gasteiger partial charge is 0.257 e. The number of rotatable bonds is 4. The molecule has 0 aliphatic carbocycles. The standard InChI is InChI=1S/C17H21N5O2/c1-3-24-16-6-4-5-15(20-16)21-7-9-22(10-8-21)17(23)14-11-18-12-19-13(14)2/h4-6,11-12H,3,7-10H2,1-2H3. The molecule has 0 bridgehead atoms. The lowest BCUT2D eigenvalue weighted by molar-refractivity contribution is 0.0744. The van der Waals surface area contributed by atoms with Crippen molar-refractivity contribution in [2.75, 3.05) is 37.7 Å². The Bertz CT molecular complexity index is 714. The monoisotopic (exact) mass is 327 g/mol. The average Bonchev–Trinajstić information content (AvgIpc) is 2.62. The third-order valence-electron chi connectivity index (χ3n) is 4.03. The van der Waals surface area contributed by atoms with Crippen LogP contribution in [0.4, 0.5) is 5.82 Å². The maximum Gasteiger partial charge on any atom is 0.257 e. The van der Waals surface area contributed by atoms with Crippen LogP contribution in [0.25, 0.3) is 0 Å². The Morgan fingerprint density at radius 1 is 1.25 bits per heavy atom. The van der Waals surface area contributed by atoms with Gasteiger partial charge >= 0.3 is 0 Å². The third kappa shape index (κ3) is 3.45. The Kier molecular flexibility index (Phi) is 4.88. The first kappa shape index (κ1) is 16.2. The number of amides is 1. The van der Waals surface area contributed by atoms with Gasteiger partial charge in [0.05, 0.1) is 17.9 Å². The molecule has 1 amide bonds. The van der Waals surface area contributed by atoms with Gasteiger partial charge in [-0.2, -0.15) is 4.98 Å². The van der Waals surface area contributed by atoms with Crippen LogP contribution in [-0.4, -0.2) is 58.5 Å². The molecular weight excluding hydrogens is 306 g/mol. The third-order valence-corrected chi connectivity index (χ3v) is 4.03. The van der Waals surface area contributed by atoms with Gasteiger partial charge in [0, 0.05) is 38.4 Å². The summed E-state index contributed by atoms with van der Waals surface area (Å²) in [5.74, 6) is 1.50. The molecule has 1 saturated heterocycles. The highest BCUT2D eigenvalue weighted by Gasteiger charge is 2.24. The summed E-state index contributed by atoms with van der Waals surface area (Å²) in [5.41, 5.74) is 1.28. The van der Waals surface area contributed by atoms with Gasteiger partial charge in [-0.1, -0.05) is 6.07 Å². The van der Waals surface area contributed by atoms with E-state index in [1.54, 1.807) is 6.20 Å². The molecule has 7 heteroatoms. The van der Waals surface area contributed by atoms with E-state index in [1.807, 2.05) is 36.9 Å². The molecule has 3 heterocycles. The van der Waals surface area contributed by atoms with Gasteiger partial charge in [-0.3, -0.25) is 4.79 Å². The number of anilines is 1. The van der Waals surface area contributed by atoms with Gasteiger partial charge in [0.25, 0.3) is 5.91 Å². The molecule has 0 spiro atoms. The molecule has 0 aromatic carbocycles. The molecule has 0 N–H and O–H groups in total. The molecule has 7 nitrogen and oxygen atoms in total. The number of carbonyl (C=O) groups is 1. The summed E-state index contributed by atoms with van der Waals surface area (Å²) < 4.78 is 5.45. The number of hydrogen-bond donors (Lipinski definition) is 0. The molecule has 2 aromatic heterocycles. The highest BCUT2D eigenvalue weighted by atomic mass is 16.5. The van der Waals surface area contributed by atoms with E-state index in [-0.39, 0.29) is 5.91 Å². The fourth-order valence-corrected chi connectivity index (χ4v) is 2.72. The normalized spacial score (nSPS) is 14.6. The van der Waals surface area contributed by atoms with Gasteiger partial charge < -0.3 is 14.5 Å². The molecule has 0 atom stereocenters. The minimum atomic E-state index is -0.0104. The fourth-order valence-electron chi connectivity index (χ4n) is 2.72. The van der Waals surface area contributed by atoms with Gasteiger partial charge in [0.15, 0.2) is 0 Å². The Labute approximate surface area is 141 Å². The molecule has 1 aliphatic rings. The Morgan fingerprint density at radius 3 is 2.75 bits per heavy atom. The predicted molar refractivity (Wildman–Crippen MR) is 90.3 cm³/mol. The van der Waals surface area contributed by atoms with Crippen LogP contribution in [-0.2, 0) is 0 Å². The van der Waals surface area contributed by atoms with Crippen LogP contribution in [0.3, 0.4) is 0 Å². The number of aromatic nitrogens is 3. The van der Waals surface area contributed by atoms with Gasteiger partial charge in [-0.15, -0.1) is 0 Å². The van der Waals surface area contributed by atoms with E-state index in [4.69, 9.17) is 4.74 Å². The molecular formula is C17H21N5O2. The predicted octanol–water partition coefficient (Wildman–Crippen LogP) is 1.54. The van der Waals surface area contributed by atoms with Crippen LogP contribution in [0, 0.1) is 6.92 Å². The molecule has 0 saturated carbocycles. The SMILES string of the molecule is CCOc1cccc(N2CCN(C(=O)c3cncnc3C)CC2)n1. The number of pyridine rings is 1. The van der Waals surface area contributed by atoms with Crippen molar-refractivity contribution in [2.24, 2.45) is 0 Å². The first-order chi connectivity index (χ1) is 11.7. The summed E-state index contributed by atoms with van der Waals surface area (Å²) in [6.07, 6.45) is 3.05. The number of piperazine rings is 1. The molecule has 0 unspecified atom stereocenters. The van der Waals surface area contributed by atoms with E-state index in [0.29, 0.717) is 36.8 Å². The van der Waals surface area contributed by atoms with Crippen LogP contribution in [0.2, 0.25) is 0 Å². The molecule has 1 aliphatic heterocycles. The lowest BCUT2D eigenvalue weighted by Crippen LogP contribution is -2.49. The molecule has 1 fully saturated rings. The van der Waals surface area contributed by atoms with Gasteiger partial charge in [-0.05, 0) is 19.9 Å². The van der Waals surface area contributed by atoms with E-state index in [9.17, 15) is 4.79 Å². The van der Waals surface area contributed by atoms with Crippen LogP contribution >= 0.6 is 0 Å². The number of hydrogen-bond acceptors (Lipinski definition) is 6. The number of ether oxygens (including phenoxy) is 1. The Balaban J connectivity index is 1.64. The summed E-state index contributed by atoms with van der Waals surface area (Å²) in [6, 6.07) is 5.76. The second-order valence-corrected chi connectivity index (χ2v) is 5.57. The zero-order valence-corrected chi connectivity index (χ0v) is 14.0. The van der Waals surface area contributed by atoms with E-state index < -0.39 is 0 Å². The number of aryl methyl sites for hydroxylation is 1. The topological polar surface area (TPSA) is 71.5 Å². The quantitative estimate of drug-likeness (QED) is 0.848. The summed E-state index contributed by atoms with van der Waals surface area (Å²) in [4.78, 5) is 29.2. The minimum Gasteiger partial charge on any atom is -0.478 e. The lowest BCUT2D eigenvalue weighted by atomic mass is 10.2. The molecule has 3 rings (SSSR count). The molecule has 2 aromatic rings. The number of carbonyl (C=O) groups excluding carboxylic acids is 1. The highest BCUT2D eigenvalue weighted by molar-refractivity contribution is 5.95. The Morgan fingerprint density at radius 2 is 2.04 bits per heavy atom. The lowest BCUT2D eigenvalue weighted by Gasteiger charge is -2.35. The maximum atomic E-state index is 12.6. The van der Waals surface area contributed by atoms with Crippen molar-refractivity contribution in [2.45, 2.75) is 13.8 Å². The first-order valence-electron chi connectivity index (χ1n) is 8.09. The summed E-state index contributed by atoms with van der Waals surface area (Å²) >= 11 is 0. The highest BCUT2D eigenvalue weighted by Crippen LogP contribution is 2.18. The van der Waals surface area contributed by atoms with Gasteiger partial charge in [0.1, 0.15) is 12.1 Å². The van der Waals surface area contributed by atoms with Crippen LogP contribution in [0.15, 0.2) is 30.7 Å². The molecule has 126 valence electrons.